The first kappa shape index (κ1) is 20.4. The first-order chi connectivity index (χ1) is 15.1. The minimum atomic E-state index is -0.164. The molecule has 0 spiro atoms. The molecular formula is C24H25ClFN5. The zero-order chi connectivity index (χ0) is 21.4. The Morgan fingerprint density at radius 2 is 2.06 bits per heavy atom. The summed E-state index contributed by atoms with van der Waals surface area (Å²) >= 11 is 6.15. The van der Waals surface area contributed by atoms with Crippen LogP contribution in [0.15, 0.2) is 64.2 Å². The van der Waals surface area contributed by atoms with E-state index in [0.29, 0.717) is 24.2 Å². The fourth-order valence-electron chi connectivity index (χ4n) is 4.60. The molecule has 2 aromatic rings. The first-order valence-corrected chi connectivity index (χ1v) is 11.1. The van der Waals surface area contributed by atoms with Crippen LogP contribution in [0.25, 0.3) is 11.1 Å². The van der Waals surface area contributed by atoms with E-state index in [2.05, 4.69) is 26.4 Å². The van der Waals surface area contributed by atoms with Crippen LogP contribution in [0.1, 0.15) is 25.3 Å². The molecule has 1 unspecified atom stereocenters. The second-order valence-corrected chi connectivity index (χ2v) is 8.76. The summed E-state index contributed by atoms with van der Waals surface area (Å²) in [4.78, 5) is 11.3. The van der Waals surface area contributed by atoms with Gasteiger partial charge in [0, 0.05) is 41.0 Å². The number of nitrogens with zero attached hydrogens (tertiary/aromatic N) is 4. The van der Waals surface area contributed by atoms with Crippen LogP contribution in [0.3, 0.4) is 0 Å². The van der Waals surface area contributed by atoms with Crippen molar-refractivity contribution in [1.82, 2.24) is 15.3 Å². The zero-order valence-corrected chi connectivity index (χ0v) is 18.2. The van der Waals surface area contributed by atoms with Crippen molar-refractivity contribution in [3.05, 3.63) is 70.6 Å². The van der Waals surface area contributed by atoms with Gasteiger partial charge in [0.25, 0.3) is 0 Å². The standard InChI is InChI=1S/C24H25ClFN5/c1-16-10-23(31-24(29-16)27-15-28-31)19-5-3-9-30(13-19)14-20-11-18(7-8-22(20)26)17-4-2-6-21(25)12-17/h2,4,6-8,10-12,19,28H,3,5,9,13-15H2,1H3. The van der Waals surface area contributed by atoms with Crippen molar-refractivity contribution >= 4 is 23.3 Å². The molecule has 5 nitrogen and oxygen atoms in total. The summed E-state index contributed by atoms with van der Waals surface area (Å²) < 4.78 is 14.7. The molecule has 1 N–H and O–H groups in total. The van der Waals surface area contributed by atoms with Crippen LogP contribution in [0.4, 0.5) is 4.39 Å². The molecule has 5 rings (SSSR count). The minimum absolute atomic E-state index is 0.164. The predicted molar refractivity (Wildman–Crippen MR) is 123 cm³/mol. The number of hydrogen-bond acceptors (Lipinski definition) is 5. The van der Waals surface area contributed by atoms with E-state index in [0.717, 1.165) is 54.3 Å². The topological polar surface area (TPSA) is 43.2 Å². The normalized spacial score (nSPS) is 21.5. The van der Waals surface area contributed by atoms with Crippen molar-refractivity contribution in [3.8, 4) is 11.1 Å². The lowest BCUT2D eigenvalue weighted by atomic mass is 9.92. The maximum atomic E-state index is 14.7. The van der Waals surface area contributed by atoms with Crippen molar-refractivity contribution in [2.45, 2.75) is 26.3 Å². The quantitative estimate of drug-likeness (QED) is 0.743. The molecule has 0 radical (unpaired) electrons. The molecule has 31 heavy (non-hydrogen) atoms. The highest BCUT2D eigenvalue weighted by atomic mass is 35.5. The number of hydrazine groups is 1. The van der Waals surface area contributed by atoms with Crippen LogP contribution < -0.4 is 5.43 Å². The molecule has 0 aliphatic carbocycles. The van der Waals surface area contributed by atoms with E-state index in [1.165, 1.54) is 5.70 Å². The van der Waals surface area contributed by atoms with E-state index in [1.807, 2.05) is 48.3 Å². The highest BCUT2D eigenvalue weighted by Gasteiger charge is 2.32. The third kappa shape index (κ3) is 4.28. The Morgan fingerprint density at radius 1 is 1.19 bits per heavy atom. The fourth-order valence-corrected chi connectivity index (χ4v) is 4.79. The second-order valence-electron chi connectivity index (χ2n) is 8.32. The van der Waals surface area contributed by atoms with Gasteiger partial charge in [-0.25, -0.2) is 24.8 Å². The average molecular weight is 438 g/mol. The number of fused-ring (bicyclic) bond motifs is 1. The van der Waals surface area contributed by atoms with Gasteiger partial charge < -0.3 is 0 Å². The minimum Gasteiger partial charge on any atom is -0.298 e. The number of allylic oxidation sites excluding steroid dienone is 1. The van der Waals surface area contributed by atoms with E-state index >= 15 is 0 Å². The van der Waals surface area contributed by atoms with Crippen LogP contribution in [-0.4, -0.2) is 41.3 Å². The molecule has 160 valence electrons. The highest BCUT2D eigenvalue weighted by Crippen LogP contribution is 2.31. The van der Waals surface area contributed by atoms with Crippen LogP contribution >= 0.6 is 11.6 Å². The number of guanidine groups is 1. The van der Waals surface area contributed by atoms with Crippen LogP contribution in [-0.2, 0) is 6.54 Å². The summed E-state index contributed by atoms with van der Waals surface area (Å²) in [7, 11) is 0. The molecule has 0 bridgehead atoms. The van der Waals surface area contributed by atoms with Crippen molar-refractivity contribution < 1.29 is 4.39 Å². The number of benzene rings is 2. The monoisotopic (exact) mass is 437 g/mol. The lowest BCUT2D eigenvalue weighted by Crippen LogP contribution is -2.45. The third-order valence-corrected chi connectivity index (χ3v) is 6.30. The lowest BCUT2D eigenvalue weighted by molar-refractivity contribution is 0.165. The van der Waals surface area contributed by atoms with Gasteiger partial charge in [0.15, 0.2) is 0 Å². The highest BCUT2D eigenvalue weighted by molar-refractivity contribution is 6.30. The Morgan fingerprint density at radius 3 is 2.94 bits per heavy atom. The second kappa shape index (κ2) is 8.54. The fraction of sp³-hybridized carbons (Fsp3) is 0.333. The van der Waals surface area contributed by atoms with E-state index in [1.54, 1.807) is 6.07 Å². The Hall–Kier alpha value is -2.54. The van der Waals surface area contributed by atoms with Gasteiger partial charge in [-0.1, -0.05) is 29.8 Å². The van der Waals surface area contributed by atoms with Crippen LogP contribution in [0, 0.1) is 11.7 Å². The molecule has 3 heterocycles. The number of rotatable bonds is 4. The largest absolute Gasteiger partial charge is 0.298 e. The van der Waals surface area contributed by atoms with Crippen molar-refractivity contribution in [2.24, 2.45) is 15.9 Å². The molecule has 2 aromatic carbocycles. The molecule has 1 atom stereocenters. The van der Waals surface area contributed by atoms with Gasteiger partial charge in [-0.2, -0.15) is 0 Å². The SMILES string of the molecule is CC1=NC2=NCNN2C(C2CCCN(Cc3cc(-c4cccc(Cl)c4)ccc3F)C2)=C1. The molecular weight excluding hydrogens is 413 g/mol. The Balaban J connectivity index is 1.34. The molecule has 3 aliphatic heterocycles. The number of halogens is 2. The van der Waals surface area contributed by atoms with Gasteiger partial charge in [0.05, 0.1) is 0 Å². The third-order valence-electron chi connectivity index (χ3n) is 6.06. The van der Waals surface area contributed by atoms with E-state index in [4.69, 9.17) is 11.6 Å². The summed E-state index contributed by atoms with van der Waals surface area (Å²) in [5.74, 6) is 0.935. The van der Waals surface area contributed by atoms with E-state index in [-0.39, 0.29) is 5.82 Å². The Bertz CT molecular complexity index is 1090. The molecule has 0 amide bonds. The Labute approximate surface area is 186 Å². The summed E-state index contributed by atoms with van der Waals surface area (Å²) in [6.45, 7) is 5.00. The number of nitrogens with one attached hydrogen (secondary N) is 1. The summed E-state index contributed by atoms with van der Waals surface area (Å²) in [5.41, 5.74) is 8.18. The van der Waals surface area contributed by atoms with Gasteiger partial charge in [-0.15, -0.1) is 0 Å². The van der Waals surface area contributed by atoms with Gasteiger partial charge in [-0.3, -0.25) is 4.90 Å². The summed E-state index contributed by atoms with van der Waals surface area (Å²) in [6, 6.07) is 13.0. The molecule has 0 saturated carbocycles. The average Bonchev–Trinajstić information content (AvgIpc) is 3.23. The van der Waals surface area contributed by atoms with Crippen molar-refractivity contribution in [1.29, 1.82) is 0 Å². The van der Waals surface area contributed by atoms with E-state index in [9.17, 15) is 4.39 Å². The molecule has 1 fully saturated rings. The smallest absolute Gasteiger partial charge is 0.241 e. The van der Waals surface area contributed by atoms with Crippen LogP contribution in [0.2, 0.25) is 5.02 Å². The van der Waals surface area contributed by atoms with Gasteiger partial charge in [0.1, 0.15) is 12.5 Å². The Kier molecular flexibility index (Phi) is 5.61. The maximum Gasteiger partial charge on any atom is 0.241 e. The first-order valence-electron chi connectivity index (χ1n) is 10.7. The van der Waals surface area contributed by atoms with Gasteiger partial charge in [0.2, 0.25) is 5.96 Å². The molecule has 7 heteroatoms. The molecule has 1 saturated heterocycles. The zero-order valence-electron chi connectivity index (χ0n) is 17.5. The van der Waals surface area contributed by atoms with Crippen molar-refractivity contribution in [3.63, 3.8) is 0 Å². The maximum absolute atomic E-state index is 14.7. The van der Waals surface area contributed by atoms with Gasteiger partial charge >= 0.3 is 0 Å². The predicted octanol–water partition coefficient (Wildman–Crippen LogP) is 4.85. The molecule has 0 aromatic heterocycles. The number of hydrogen-bond donors (Lipinski definition) is 1. The van der Waals surface area contributed by atoms with Crippen molar-refractivity contribution in [2.75, 3.05) is 19.8 Å². The number of piperidine rings is 1. The summed E-state index contributed by atoms with van der Waals surface area (Å²) in [6.07, 6.45) is 4.33. The van der Waals surface area contributed by atoms with Crippen LogP contribution in [0.5, 0.6) is 0 Å². The lowest BCUT2D eigenvalue weighted by Gasteiger charge is -2.37. The summed E-state index contributed by atoms with van der Waals surface area (Å²) in [5, 5.41) is 2.70. The number of likely N-dealkylation sites (tertiary alicyclic amines) is 1. The molecule has 3 aliphatic rings. The van der Waals surface area contributed by atoms with E-state index < -0.39 is 0 Å². The number of aliphatic imine (C=N–C) groups is 2. The van der Waals surface area contributed by atoms with Gasteiger partial charge in [-0.05, 0) is 67.8 Å².